The molecule has 0 radical (unpaired) electrons. The van der Waals surface area contributed by atoms with Crippen LogP contribution in [0.15, 0.2) is 0 Å². The maximum Gasteiger partial charge on any atom is 0.224 e. The number of rotatable bonds is 3. The maximum absolute atomic E-state index is 11.9. The predicted molar refractivity (Wildman–Crippen MR) is 64.1 cm³/mol. The molecule has 0 aromatic heterocycles. The minimum atomic E-state index is 0.216. The van der Waals surface area contributed by atoms with E-state index in [9.17, 15) is 4.79 Å². The Balaban J connectivity index is 1.82. The first kappa shape index (κ1) is 11.3. The zero-order valence-corrected chi connectivity index (χ0v) is 10.1. The van der Waals surface area contributed by atoms with Gasteiger partial charge in [0.25, 0.3) is 0 Å². The molecule has 3 atom stereocenters. The van der Waals surface area contributed by atoms with Crippen LogP contribution in [0.2, 0.25) is 0 Å². The minimum Gasteiger partial charge on any atom is -0.352 e. The van der Waals surface area contributed by atoms with Crippen LogP contribution in [0.25, 0.3) is 0 Å². The SMILES string of the molecule is CSC1CCCC1NC(=O)C1CCNC1. The molecule has 1 heterocycles. The van der Waals surface area contributed by atoms with Gasteiger partial charge >= 0.3 is 0 Å². The van der Waals surface area contributed by atoms with Crippen LogP contribution < -0.4 is 10.6 Å². The quantitative estimate of drug-likeness (QED) is 0.757. The van der Waals surface area contributed by atoms with Crippen molar-refractivity contribution in [2.75, 3.05) is 19.3 Å². The Morgan fingerprint density at radius 3 is 2.93 bits per heavy atom. The fourth-order valence-corrected chi connectivity index (χ4v) is 3.49. The van der Waals surface area contributed by atoms with Gasteiger partial charge in [0.15, 0.2) is 0 Å². The van der Waals surface area contributed by atoms with Crippen LogP contribution in [0, 0.1) is 5.92 Å². The van der Waals surface area contributed by atoms with E-state index >= 15 is 0 Å². The molecule has 1 saturated heterocycles. The summed E-state index contributed by atoms with van der Waals surface area (Å²) in [4.78, 5) is 11.9. The molecule has 2 fully saturated rings. The van der Waals surface area contributed by atoms with Crippen LogP contribution >= 0.6 is 11.8 Å². The van der Waals surface area contributed by atoms with Crippen LogP contribution in [0.3, 0.4) is 0 Å². The van der Waals surface area contributed by atoms with Crippen LogP contribution in [-0.2, 0) is 4.79 Å². The van der Waals surface area contributed by atoms with Gasteiger partial charge in [-0.3, -0.25) is 4.79 Å². The minimum absolute atomic E-state index is 0.216. The Morgan fingerprint density at radius 1 is 1.40 bits per heavy atom. The predicted octanol–water partition coefficient (Wildman–Crippen LogP) is 0.996. The first-order valence-corrected chi connectivity index (χ1v) is 7.14. The van der Waals surface area contributed by atoms with Crippen molar-refractivity contribution in [1.82, 2.24) is 10.6 Å². The summed E-state index contributed by atoms with van der Waals surface area (Å²) >= 11 is 1.89. The third-order valence-corrected chi connectivity index (χ3v) is 4.68. The van der Waals surface area contributed by atoms with Crippen molar-refractivity contribution in [3.8, 4) is 0 Å². The average Bonchev–Trinajstić information content (AvgIpc) is 2.87. The van der Waals surface area contributed by atoms with Gasteiger partial charge in [-0.15, -0.1) is 0 Å². The summed E-state index contributed by atoms with van der Waals surface area (Å²) < 4.78 is 0. The highest BCUT2D eigenvalue weighted by atomic mass is 32.2. The number of carbonyl (C=O) groups excluding carboxylic acids is 1. The largest absolute Gasteiger partial charge is 0.352 e. The lowest BCUT2D eigenvalue weighted by atomic mass is 10.1. The fraction of sp³-hybridized carbons (Fsp3) is 0.909. The standard InChI is InChI=1S/C11H20N2OS/c1-15-10-4-2-3-9(10)13-11(14)8-5-6-12-7-8/h8-10,12H,2-7H2,1H3,(H,13,14). The molecule has 2 N–H and O–H groups in total. The lowest BCUT2D eigenvalue weighted by molar-refractivity contribution is -0.125. The molecule has 2 aliphatic rings. The summed E-state index contributed by atoms with van der Waals surface area (Å²) in [5, 5.41) is 7.10. The first-order valence-electron chi connectivity index (χ1n) is 5.85. The highest BCUT2D eigenvalue weighted by molar-refractivity contribution is 7.99. The molecule has 0 spiro atoms. The van der Waals surface area contributed by atoms with Gasteiger partial charge in [0.2, 0.25) is 5.91 Å². The Kier molecular flexibility index (Phi) is 3.92. The third kappa shape index (κ3) is 2.67. The summed E-state index contributed by atoms with van der Waals surface area (Å²) in [5.74, 6) is 0.485. The third-order valence-electron chi connectivity index (χ3n) is 3.51. The lowest BCUT2D eigenvalue weighted by Crippen LogP contribution is -2.42. The molecule has 0 aromatic carbocycles. The van der Waals surface area contributed by atoms with Crippen LogP contribution in [0.4, 0.5) is 0 Å². The smallest absolute Gasteiger partial charge is 0.224 e. The number of hydrogen-bond donors (Lipinski definition) is 2. The Bertz CT molecular complexity index is 229. The summed E-state index contributed by atoms with van der Waals surface area (Å²) in [5.41, 5.74) is 0. The van der Waals surface area contributed by atoms with E-state index in [0.29, 0.717) is 11.3 Å². The van der Waals surface area contributed by atoms with Crippen molar-refractivity contribution in [2.24, 2.45) is 5.92 Å². The van der Waals surface area contributed by atoms with Gasteiger partial charge < -0.3 is 10.6 Å². The van der Waals surface area contributed by atoms with E-state index in [0.717, 1.165) is 25.9 Å². The second-order valence-corrected chi connectivity index (χ2v) is 5.59. The molecular weight excluding hydrogens is 208 g/mol. The molecule has 1 aliphatic carbocycles. The van der Waals surface area contributed by atoms with E-state index < -0.39 is 0 Å². The highest BCUT2D eigenvalue weighted by Gasteiger charge is 2.30. The summed E-state index contributed by atoms with van der Waals surface area (Å²) in [6, 6.07) is 0.424. The fourth-order valence-electron chi connectivity index (χ4n) is 2.55. The zero-order valence-electron chi connectivity index (χ0n) is 9.29. The molecule has 0 aromatic rings. The molecular formula is C11H20N2OS. The zero-order chi connectivity index (χ0) is 10.7. The lowest BCUT2D eigenvalue weighted by Gasteiger charge is -2.21. The Labute approximate surface area is 95.8 Å². The average molecular weight is 228 g/mol. The maximum atomic E-state index is 11.9. The molecule has 3 unspecified atom stereocenters. The van der Waals surface area contributed by atoms with Gasteiger partial charge in [-0.1, -0.05) is 6.42 Å². The van der Waals surface area contributed by atoms with E-state index in [1.54, 1.807) is 0 Å². The monoisotopic (exact) mass is 228 g/mol. The highest BCUT2D eigenvalue weighted by Crippen LogP contribution is 2.28. The normalized spacial score (nSPS) is 35.7. The molecule has 1 saturated carbocycles. The molecule has 2 rings (SSSR count). The van der Waals surface area contributed by atoms with E-state index in [2.05, 4.69) is 16.9 Å². The molecule has 0 bridgehead atoms. The molecule has 1 aliphatic heterocycles. The van der Waals surface area contributed by atoms with Crippen molar-refractivity contribution in [3.63, 3.8) is 0 Å². The number of thioether (sulfide) groups is 1. The van der Waals surface area contributed by atoms with Crippen LogP contribution in [0.5, 0.6) is 0 Å². The van der Waals surface area contributed by atoms with Crippen molar-refractivity contribution in [2.45, 2.75) is 37.0 Å². The van der Waals surface area contributed by atoms with Gasteiger partial charge in [-0.05, 0) is 32.1 Å². The van der Waals surface area contributed by atoms with Crippen molar-refractivity contribution >= 4 is 17.7 Å². The van der Waals surface area contributed by atoms with Gasteiger partial charge in [0.05, 0.1) is 5.92 Å². The summed E-state index contributed by atoms with van der Waals surface area (Å²) in [6.45, 7) is 1.86. The van der Waals surface area contributed by atoms with Gasteiger partial charge in [0.1, 0.15) is 0 Å². The van der Waals surface area contributed by atoms with Gasteiger partial charge in [-0.2, -0.15) is 11.8 Å². The Morgan fingerprint density at radius 2 is 2.27 bits per heavy atom. The molecule has 3 nitrogen and oxygen atoms in total. The van der Waals surface area contributed by atoms with E-state index in [-0.39, 0.29) is 11.8 Å². The first-order chi connectivity index (χ1) is 7.31. The van der Waals surface area contributed by atoms with Crippen LogP contribution in [-0.4, -0.2) is 36.5 Å². The van der Waals surface area contributed by atoms with Gasteiger partial charge in [0, 0.05) is 17.8 Å². The number of nitrogens with one attached hydrogen (secondary N) is 2. The molecule has 86 valence electrons. The van der Waals surface area contributed by atoms with Crippen molar-refractivity contribution in [1.29, 1.82) is 0 Å². The summed E-state index contributed by atoms with van der Waals surface area (Å²) in [6.07, 6.45) is 6.83. The number of carbonyl (C=O) groups is 1. The number of amides is 1. The van der Waals surface area contributed by atoms with E-state index in [1.807, 2.05) is 11.8 Å². The van der Waals surface area contributed by atoms with Crippen molar-refractivity contribution in [3.05, 3.63) is 0 Å². The Hall–Kier alpha value is -0.220. The second kappa shape index (κ2) is 5.21. The number of hydrogen-bond acceptors (Lipinski definition) is 3. The van der Waals surface area contributed by atoms with Gasteiger partial charge in [-0.25, -0.2) is 0 Å². The van der Waals surface area contributed by atoms with Crippen molar-refractivity contribution < 1.29 is 4.79 Å². The summed E-state index contributed by atoms with van der Waals surface area (Å²) in [7, 11) is 0. The molecule has 1 amide bonds. The topological polar surface area (TPSA) is 41.1 Å². The van der Waals surface area contributed by atoms with E-state index in [1.165, 1.54) is 12.8 Å². The second-order valence-electron chi connectivity index (χ2n) is 4.51. The molecule has 15 heavy (non-hydrogen) atoms. The van der Waals surface area contributed by atoms with Crippen LogP contribution in [0.1, 0.15) is 25.7 Å². The van der Waals surface area contributed by atoms with E-state index in [4.69, 9.17) is 0 Å². The molecule has 4 heteroatoms.